The first-order chi connectivity index (χ1) is 13.2. The van der Waals surface area contributed by atoms with Gasteiger partial charge in [-0.15, -0.1) is 0 Å². The third-order valence-corrected chi connectivity index (χ3v) is 4.25. The van der Waals surface area contributed by atoms with Gasteiger partial charge in [-0.05, 0) is 30.3 Å². The van der Waals surface area contributed by atoms with Crippen molar-refractivity contribution in [2.24, 2.45) is 5.92 Å². The molecule has 148 valence electrons. The quantitative estimate of drug-likeness (QED) is 0.789. The number of benzene rings is 2. The monoisotopic (exact) mass is 396 g/mol. The van der Waals surface area contributed by atoms with Crippen LogP contribution in [0.3, 0.4) is 0 Å². The molecule has 2 aromatic rings. The van der Waals surface area contributed by atoms with Crippen LogP contribution >= 0.6 is 0 Å². The van der Waals surface area contributed by atoms with E-state index in [2.05, 4.69) is 5.32 Å². The van der Waals surface area contributed by atoms with Gasteiger partial charge in [0.05, 0.1) is 11.5 Å². The maximum absolute atomic E-state index is 13.4. The van der Waals surface area contributed by atoms with Crippen molar-refractivity contribution in [3.05, 3.63) is 59.9 Å². The van der Waals surface area contributed by atoms with Crippen LogP contribution in [0.25, 0.3) is 0 Å². The highest BCUT2D eigenvalue weighted by Crippen LogP contribution is 2.31. The van der Waals surface area contributed by atoms with E-state index in [0.717, 1.165) is 12.1 Å². The first-order valence-electron chi connectivity index (χ1n) is 8.37. The van der Waals surface area contributed by atoms with E-state index in [1.54, 1.807) is 6.07 Å². The molecule has 0 saturated carbocycles. The van der Waals surface area contributed by atoms with Crippen LogP contribution in [-0.2, 0) is 15.8 Å². The molecule has 1 heterocycles. The number of carbonyl (C=O) groups excluding carboxylic acids is 2. The molecule has 0 radical (unpaired) electrons. The van der Waals surface area contributed by atoms with Crippen LogP contribution in [-0.4, -0.2) is 36.4 Å². The molecule has 9 heteroatoms. The number of carbonyl (C=O) groups is 2. The first kappa shape index (κ1) is 19.7. The Bertz CT molecular complexity index is 879. The average molecular weight is 396 g/mol. The van der Waals surface area contributed by atoms with Gasteiger partial charge < -0.3 is 15.0 Å². The molecular formula is C19H16F4N2O3. The molecular weight excluding hydrogens is 380 g/mol. The summed E-state index contributed by atoms with van der Waals surface area (Å²) in [5.74, 6) is -2.05. The minimum atomic E-state index is -4.50. The van der Waals surface area contributed by atoms with Crippen LogP contribution in [0, 0.1) is 11.7 Å². The van der Waals surface area contributed by atoms with Crippen molar-refractivity contribution in [1.29, 1.82) is 0 Å². The van der Waals surface area contributed by atoms with Gasteiger partial charge in [-0.1, -0.05) is 18.2 Å². The van der Waals surface area contributed by atoms with Crippen molar-refractivity contribution in [3.8, 4) is 5.75 Å². The van der Waals surface area contributed by atoms with E-state index in [1.165, 1.54) is 35.2 Å². The van der Waals surface area contributed by atoms with Crippen LogP contribution < -0.4 is 10.1 Å². The van der Waals surface area contributed by atoms with Gasteiger partial charge >= 0.3 is 6.18 Å². The number of amides is 2. The molecule has 1 aliphatic rings. The van der Waals surface area contributed by atoms with Gasteiger partial charge in [0.1, 0.15) is 0 Å². The van der Waals surface area contributed by atoms with Crippen molar-refractivity contribution >= 4 is 17.5 Å². The molecule has 1 fully saturated rings. The molecule has 0 spiro atoms. The molecule has 1 N–H and O–H groups in total. The summed E-state index contributed by atoms with van der Waals surface area (Å²) >= 11 is 0. The number of hydrogen-bond donors (Lipinski definition) is 1. The van der Waals surface area contributed by atoms with E-state index in [4.69, 9.17) is 4.74 Å². The number of rotatable bonds is 5. The summed E-state index contributed by atoms with van der Waals surface area (Å²) in [6, 6.07) is 9.98. The Morgan fingerprint density at radius 3 is 2.50 bits per heavy atom. The summed E-state index contributed by atoms with van der Waals surface area (Å²) in [5, 5.41) is 2.42. The minimum Gasteiger partial charge on any atom is -0.481 e. The number of ether oxygens (including phenoxy) is 1. The number of anilines is 1. The zero-order valence-electron chi connectivity index (χ0n) is 14.5. The number of halogens is 4. The summed E-state index contributed by atoms with van der Waals surface area (Å²) in [7, 11) is 0. The van der Waals surface area contributed by atoms with Gasteiger partial charge in [-0.25, -0.2) is 4.39 Å². The van der Waals surface area contributed by atoms with Crippen LogP contribution in [0.1, 0.15) is 5.56 Å². The largest absolute Gasteiger partial charge is 0.481 e. The molecule has 2 aromatic carbocycles. The standard InChI is InChI=1S/C19H16F4N2O3/c20-15-6-1-2-7-16(15)28-11-17(26)25-9-12(10-25)18(27)24-14-5-3-4-13(8-14)19(21,22)23/h1-8,12H,9-11H2,(H,24,27). The SMILES string of the molecule is O=C(Nc1cccc(C(F)(F)F)c1)C1CN(C(=O)COc2ccccc2F)C1. The number of hydrogen-bond acceptors (Lipinski definition) is 3. The van der Waals surface area contributed by atoms with Gasteiger partial charge in [0.15, 0.2) is 18.2 Å². The molecule has 0 atom stereocenters. The van der Waals surface area contributed by atoms with Crippen molar-refractivity contribution in [2.45, 2.75) is 6.18 Å². The summed E-state index contributed by atoms with van der Waals surface area (Å²) in [5.41, 5.74) is -0.825. The molecule has 2 amide bonds. The number of para-hydroxylation sites is 1. The lowest BCUT2D eigenvalue weighted by molar-refractivity contribution is -0.143. The van der Waals surface area contributed by atoms with Gasteiger partial charge in [-0.3, -0.25) is 9.59 Å². The molecule has 0 bridgehead atoms. The molecule has 5 nitrogen and oxygen atoms in total. The van der Waals surface area contributed by atoms with Crippen molar-refractivity contribution in [1.82, 2.24) is 4.90 Å². The molecule has 1 saturated heterocycles. The highest BCUT2D eigenvalue weighted by atomic mass is 19.4. The maximum Gasteiger partial charge on any atom is 0.416 e. The Morgan fingerprint density at radius 2 is 1.82 bits per heavy atom. The van der Waals surface area contributed by atoms with Crippen LogP contribution in [0.5, 0.6) is 5.75 Å². The van der Waals surface area contributed by atoms with Crippen molar-refractivity contribution in [2.75, 3.05) is 25.0 Å². The van der Waals surface area contributed by atoms with E-state index in [1.807, 2.05) is 0 Å². The predicted molar refractivity (Wildman–Crippen MR) is 92.0 cm³/mol. The van der Waals surface area contributed by atoms with E-state index >= 15 is 0 Å². The second-order valence-corrected chi connectivity index (χ2v) is 6.28. The third-order valence-electron chi connectivity index (χ3n) is 4.25. The number of nitrogens with zero attached hydrogens (tertiary/aromatic N) is 1. The van der Waals surface area contributed by atoms with Crippen molar-refractivity contribution < 1.29 is 31.9 Å². The third kappa shape index (κ3) is 4.59. The fourth-order valence-corrected chi connectivity index (χ4v) is 2.66. The van der Waals surface area contributed by atoms with Gasteiger partial charge in [-0.2, -0.15) is 13.2 Å². The normalized spacial score (nSPS) is 14.4. The molecule has 1 aliphatic heterocycles. The number of alkyl halides is 3. The number of likely N-dealkylation sites (tertiary alicyclic amines) is 1. The predicted octanol–water partition coefficient (Wildman–Crippen LogP) is 3.32. The fraction of sp³-hybridized carbons (Fsp3) is 0.263. The summed E-state index contributed by atoms with van der Waals surface area (Å²) < 4.78 is 56.7. The average Bonchev–Trinajstić information content (AvgIpc) is 2.59. The maximum atomic E-state index is 13.4. The molecule has 28 heavy (non-hydrogen) atoms. The Morgan fingerprint density at radius 1 is 1.11 bits per heavy atom. The first-order valence-corrected chi connectivity index (χ1v) is 8.37. The summed E-state index contributed by atoms with van der Waals surface area (Å²) in [6.45, 7) is -0.141. The van der Waals surface area contributed by atoms with E-state index in [0.29, 0.717) is 0 Å². The summed E-state index contributed by atoms with van der Waals surface area (Å²) in [4.78, 5) is 25.5. The van der Waals surface area contributed by atoms with Gasteiger partial charge in [0.2, 0.25) is 5.91 Å². The Kier molecular flexibility index (Phi) is 5.53. The lowest BCUT2D eigenvalue weighted by Crippen LogP contribution is -2.55. The Labute approximate surface area is 157 Å². The number of nitrogens with one attached hydrogen (secondary N) is 1. The van der Waals surface area contributed by atoms with E-state index < -0.39 is 35.3 Å². The fourth-order valence-electron chi connectivity index (χ4n) is 2.66. The zero-order valence-corrected chi connectivity index (χ0v) is 14.5. The van der Waals surface area contributed by atoms with Gasteiger partial charge in [0, 0.05) is 18.8 Å². The molecule has 0 aliphatic carbocycles. The topological polar surface area (TPSA) is 58.6 Å². The Hall–Kier alpha value is -3.10. The van der Waals surface area contributed by atoms with Crippen LogP contribution in [0.2, 0.25) is 0 Å². The van der Waals surface area contributed by atoms with Gasteiger partial charge in [0.25, 0.3) is 5.91 Å². The molecule has 0 aromatic heterocycles. The Balaban J connectivity index is 1.47. The second kappa shape index (κ2) is 7.87. The molecule has 3 rings (SSSR count). The molecule has 0 unspecified atom stereocenters. The smallest absolute Gasteiger partial charge is 0.416 e. The summed E-state index contributed by atoms with van der Waals surface area (Å²) in [6.07, 6.45) is -4.50. The van der Waals surface area contributed by atoms with Crippen LogP contribution in [0.4, 0.5) is 23.2 Å². The second-order valence-electron chi connectivity index (χ2n) is 6.28. The van der Waals surface area contributed by atoms with Crippen molar-refractivity contribution in [3.63, 3.8) is 0 Å². The highest BCUT2D eigenvalue weighted by Gasteiger charge is 2.36. The zero-order chi connectivity index (χ0) is 20.3. The lowest BCUT2D eigenvalue weighted by Gasteiger charge is -2.38. The minimum absolute atomic E-state index is 0.0347. The van der Waals surface area contributed by atoms with E-state index in [9.17, 15) is 27.2 Å². The highest BCUT2D eigenvalue weighted by molar-refractivity contribution is 5.94. The lowest BCUT2D eigenvalue weighted by atomic mass is 9.99. The van der Waals surface area contributed by atoms with E-state index in [-0.39, 0.29) is 31.1 Å². The van der Waals surface area contributed by atoms with Crippen LogP contribution in [0.15, 0.2) is 48.5 Å².